The van der Waals surface area contributed by atoms with Gasteiger partial charge in [0.2, 0.25) is 5.76 Å². The molecule has 0 bridgehead atoms. The van der Waals surface area contributed by atoms with Gasteiger partial charge in [-0.15, -0.1) is 0 Å². The minimum Gasteiger partial charge on any atom is -0.491 e. The molecule has 1 aromatic heterocycles. The average Bonchev–Trinajstić information content (AvgIpc) is 2.89. The number of furan rings is 1. The molecule has 8 heteroatoms. The van der Waals surface area contributed by atoms with E-state index in [1.807, 2.05) is 0 Å². The molecular formula is C15H14F3NO4. The number of anilines is 1. The van der Waals surface area contributed by atoms with Crippen LogP contribution < -0.4 is 10.1 Å². The van der Waals surface area contributed by atoms with Gasteiger partial charge < -0.3 is 19.6 Å². The van der Waals surface area contributed by atoms with E-state index >= 15 is 0 Å². The number of aryl methyl sites for hydroxylation is 1. The molecule has 1 heterocycles. The maximum Gasteiger partial charge on any atom is 0.450 e. The lowest BCUT2D eigenvalue weighted by Crippen LogP contribution is -2.16. The summed E-state index contributed by atoms with van der Waals surface area (Å²) in [7, 11) is 0. The van der Waals surface area contributed by atoms with Crippen LogP contribution in [0, 0.1) is 6.92 Å². The van der Waals surface area contributed by atoms with Gasteiger partial charge in [0.15, 0.2) is 0 Å². The zero-order chi connectivity index (χ0) is 17.0. The first-order valence-corrected chi connectivity index (χ1v) is 6.64. The van der Waals surface area contributed by atoms with Gasteiger partial charge in [-0.2, -0.15) is 13.2 Å². The monoisotopic (exact) mass is 329 g/mol. The van der Waals surface area contributed by atoms with Crippen molar-refractivity contribution >= 4 is 11.6 Å². The van der Waals surface area contributed by atoms with E-state index in [0.717, 1.165) is 6.07 Å². The molecule has 0 aliphatic carbocycles. The van der Waals surface area contributed by atoms with Crippen molar-refractivity contribution in [2.75, 3.05) is 18.5 Å². The molecule has 1 aromatic carbocycles. The van der Waals surface area contributed by atoms with Crippen molar-refractivity contribution in [1.82, 2.24) is 0 Å². The molecule has 2 aromatic rings. The molecule has 0 saturated heterocycles. The van der Waals surface area contributed by atoms with E-state index in [4.69, 9.17) is 9.84 Å². The molecule has 0 atom stereocenters. The molecule has 0 radical (unpaired) electrons. The normalized spacial score (nSPS) is 11.3. The number of carbonyl (C=O) groups excluding carboxylic acids is 1. The summed E-state index contributed by atoms with van der Waals surface area (Å²) in [6.07, 6.45) is -4.75. The van der Waals surface area contributed by atoms with Crippen LogP contribution in [-0.2, 0) is 6.18 Å². The van der Waals surface area contributed by atoms with Crippen molar-refractivity contribution in [2.24, 2.45) is 0 Å². The number of hydrogen-bond acceptors (Lipinski definition) is 4. The number of benzene rings is 1. The number of alkyl halides is 3. The van der Waals surface area contributed by atoms with Crippen LogP contribution in [-0.4, -0.2) is 24.2 Å². The fraction of sp³-hybridized carbons (Fsp3) is 0.267. The zero-order valence-corrected chi connectivity index (χ0v) is 12.1. The van der Waals surface area contributed by atoms with Gasteiger partial charge in [0, 0.05) is 5.69 Å². The summed E-state index contributed by atoms with van der Waals surface area (Å²) in [6, 6.07) is 7.04. The highest BCUT2D eigenvalue weighted by Crippen LogP contribution is 2.34. The first kappa shape index (κ1) is 16.9. The van der Waals surface area contributed by atoms with Crippen molar-refractivity contribution in [2.45, 2.75) is 13.1 Å². The Labute approximate surface area is 129 Å². The predicted molar refractivity (Wildman–Crippen MR) is 75.4 cm³/mol. The van der Waals surface area contributed by atoms with Crippen molar-refractivity contribution in [3.8, 4) is 5.75 Å². The number of hydrogen-bond donors (Lipinski definition) is 2. The number of halogens is 3. The summed E-state index contributed by atoms with van der Waals surface area (Å²) in [5, 5.41) is 11.0. The lowest BCUT2D eigenvalue weighted by molar-refractivity contribution is -0.153. The minimum atomic E-state index is -4.75. The Morgan fingerprint density at radius 3 is 2.52 bits per heavy atom. The summed E-state index contributed by atoms with van der Waals surface area (Å²) < 4.78 is 48.2. The van der Waals surface area contributed by atoms with Crippen LogP contribution >= 0.6 is 0 Å². The third kappa shape index (κ3) is 4.26. The highest BCUT2D eigenvalue weighted by Gasteiger charge is 2.40. The minimum absolute atomic E-state index is 0.00442. The van der Waals surface area contributed by atoms with Crippen LogP contribution in [0.25, 0.3) is 0 Å². The average molecular weight is 329 g/mol. The van der Waals surface area contributed by atoms with Gasteiger partial charge in [-0.05, 0) is 37.3 Å². The third-order valence-corrected chi connectivity index (χ3v) is 2.83. The van der Waals surface area contributed by atoms with Crippen LogP contribution in [0.3, 0.4) is 0 Å². The van der Waals surface area contributed by atoms with Gasteiger partial charge in [-0.3, -0.25) is 4.79 Å². The van der Waals surface area contributed by atoms with E-state index in [9.17, 15) is 18.0 Å². The maximum atomic E-state index is 12.8. The third-order valence-electron chi connectivity index (χ3n) is 2.83. The van der Waals surface area contributed by atoms with Crippen molar-refractivity contribution in [3.63, 3.8) is 0 Å². The first-order chi connectivity index (χ1) is 10.8. The Morgan fingerprint density at radius 2 is 1.96 bits per heavy atom. The van der Waals surface area contributed by atoms with Crippen molar-refractivity contribution in [3.05, 3.63) is 47.4 Å². The van der Waals surface area contributed by atoms with Gasteiger partial charge in [0.1, 0.15) is 18.1 Å². The molecule has 2 rings (SSSR count). The quantitative estimate of drug-likeness (QED) is 0.883. The second-order valence-electron chi connectivity index (χ2n) is 4.65. The number of amides is 1. The summed E-state index contributed by atoms with van der Waals surface area (Å²) in [5.41, 5.74) is -0.270. The van der Waals surface area contributed by atoms with Crippen molar-refractivity contribution < 1.29 is 32.2 Å². The second-order valence-corrected chi connectivity index (χ2v) is 4.65. The number of rotatable bonds is 5. The predicted octanol–water partition coefficient (Wildman–Crippen LogP) is 3.23. The number of carbonyl (C=O) groups is 1. The summed E-state index contributed by atoms with van der Waals surface area (Å²) >= 11 is 0. The number of aliphatic hydroxyl groups excluding tert-OH is 1. The Balaban J connectivity index is 2.13. The Bertz CT molecular complexity index is 677. The first-order valence-electron chi connectivity index (χ1n) is 6.64. The van der Waals surface area contributed by atoms with Gasteiger partial charge in [-0.1, -0.05) is 0 Å². The maximum absolute atomic E-state index is 12.8. The van der Waals surface area contributed by atoms with E-state index in [0.29, 0.717) is 11.4 Å². The van der Waals surface area contributed by atoms with E-state index in [2.05, 4.69) is 9.73 Å². The van der Waals surface area contributed by atoms with Crippen LogP contribution in [0.4, 0.5) is 18.9 Å². The molecular weight excluding hydrogens is 315 g/mol. The fourth-order valence-electron chi connectivity index (χ4n) is 1.89. The van der Waals surface area contributed by atoms with E-state index in [1.54, 1.807) is 0 Å². The molecule has 0 spiro atoms. The Hall–Kier alpha value is -2.48. The molecule has 0 aliphatic rings. The molecule has 0 saturated carbocycles. The zero-order valence-electron chi connectivity index (χ0n) is 12.1. The molecule has 0 fully saturated rings. The molecule has 1 amide bonds. The largest absolute Gasteiger partial charge is 0.491 e. The van der Waals surface area contributed by atoms with E-state index < -0.39 is 23.4 Å². The molecule has 0 aliphatic heterocycles. The topological polar surface area (TPSA) is 71.7 Å². The van der Waals surface area contributed by atoms with Gasteiger partial charge in [0.25, 0.3) is 5.91 Å². The molecule has 2 N–H and O–H groups in total. The van der Waals surface area contributed by atoms with Crippen molar-refractivity contribution in [1.29, 1.82) is 0 Å². The number of aliphatic hydroxyl groups is 1. The summed E-state index contributed by atoms with van der Waals surface area (Å²) in [6.45, 7) is 1.31. The van der Waals surface area contributed by atoms with Crippen LogP contribution in [0.5, 0.6) is 5.75 Å². The molecule has 23 heavy (non-hydrogen) atoms. The van der Waals surface area contributed by atoms with Gasteiger partial charge in [-0.25, -0.2) is 0 Å². The van der Waals surface area contributed by atoms with E-state index in [1.165, 1.54) is 31.2 Å². The van der Waals surface area contributed by atoms with Gasteiger partial charge >= 0.3 is 6.18 Å². The fourth-order valence-corrected chi connectivity index (χ4v) is 1.89. The molecule has 124 valence electrons. The second kappa shape index (κ2) is 6.74. The lowest BCUT2D eigenvalue weighted by atomic mass is 10.2. The number of nitrogens with one attached hydrogen (secondary N) is 1. The highest BCUT2D eigenvalue weighted by molar-refractivity contribution is 6.05. The van der Waals surface area contributed by atoms with Crippen LogP contribution in [0.1, 0.15) is 21.9 Å². The van der Waals surface area contributed by atoms with E-state index in [-0.39, 0.29) is 19.0 Å². The SMILES string of the molecule is Cc1cc(C(=O)Nc2ccc(OCCO)cc2)c(C(F)(F)F)o1. The lowest BCUT2D eigenvalue weighted by Gasteiger charge is -2.08. The van der Waals surface area contributed by atoms with Crippen LogP contribution in [0.2, 0.25) is 0 Å². The molecule has 0 unspecified atom stereocenters. The van der Waals surface area contributed by atoms with Crippen LogP contribution in [0.15, 0.2) is 34.7 Å². The summed E-state index contributed by atoms with van der Waals surface area (Å²) in [5.74, 6) is -1.78. The number of ether oxygens (including phenoxy) is 1. The Morgan fingerprint density at radius 1 is 1.30 bits per heavy atom. The smallest absolute Gasteiger partial charge is 0.450 e. The highest BCUT2D eigenvalue weighted by atomic mass is 19.4. The van der Waals surface area contributed by atoms with Gasteiger partial charge in [0.05, 0.1) is 12.2 Å². The standard InChI is InChI=1S/C15H14F3NO4/c1-9-8-12(13(23-9)15(16,17)18)14(21)19-10-2-4-11(5-3-10)22-7-6-20/h2-5,8,20H,6-7H2,1H3,(H,19,21). The summed E-state index contributed by atoms with van der Waals surface area (Å²) in [4.78, 5) is 12.0. The Kier molecular flexibility index (Phi) is 4.95. The molecule has 5 nitrogen and oxygen atoms in total.